The molecule has 0 bridgehead atoms. The molecule has 0 saturated carbocycles. The molecule has 1 aliphatic heterocycles. The lowest BCUT2D eigenvalue weighted by atomic mass is 10.1. The van der Waals surface area contributed by atoms with E-state index < -0.39 is 5.97 Å². The summed E-state index contributed by atoms with van der Waals surface area (Å²) in [4.78, 5) is 27.9. The second-order valence-corrected chi connectivity index (χ2v) is 7.50. The fourth-order valence-electron chi connectivity index (χ4n) is 2.94. The van der Waals surface area contributed by atoms with Crippen LogP contribution in [0.1, 0.15) is 11.1 Å². The van der Waals surface area contributed by atoms with Crippen molar-refractivity contribution in [2.24, 2.45) is 4.99 Å². The molecule has 29 heavy (non-hydrogen) atoms. The number of halogens is 1. The minimum Gasteiger partial charge on any atom is -0.481 e. The highest BCUT2D eigenvalue weighted by molar-refractivity contribution is 8.18. The molecule has 3 aromatic carbocycles. The maximum Gasteiger partial charge on any atom is 0.307 e. The van der Waals surface area contributed by atoms with Crippen LogP contribution in [0.4, 0.5) is 10.1 Å². The van der Waals surface area contributed by atoms with E-state index in [-0.39, 0.29) is 18.1 Å². The molecule has 4 rings (SSSR count). The van der Waals surface area contributed by atoms with Crippen LogP contribution in [0.15, 0.2) is 70.6 Å². The van der Waals surface area contributed by atoms with Crippen molar-refractivity contribution in [1.29, 1.82) is 0 Å². The Labute approximate surface area is 170 Å². The Hall–Kier alpha value is -3.45. The number of amides is 1. The van der Waals surface area contributed by atoms with Crippen molar-refractivity contribution in [1.82, 2.24) is 5.32 Å². The van der Waals surface area contributed by atoms with Gasteiger partial charge in [0.2, 0.25) is 0 Å². The van der Waals surface area contributed by atoms with Gasteiger partial charge in [0, 0.05) is 0 Å². The second kappa shape index (κ2) is 7.89. The monoisotopic (exact) mass is 406 g/mol. The number of carbonyl (C=O) groups excluding carboxylic acids is 1. The van der Waals surface area contributed by atoms with Gasteiger partial charge >= 0.3 is 5.97 Å². The Bertz CT molecular complexity index is 1190. The number of nitrogens with zero attached hydrogens (tertiary/aromatic N) is 1. The lowest BCUT2D eigenvalue weighted by molar-refractivity contribution is -0.136. The van der Waals surface area contributed by atoms with E-state index in [0.29, 0.717) is 21.3 Å². The molecule has 144 valence electrons. The van der Waals surface area contributed by atoms with Gasteiger partial charge in [-0.25, -0.2) is 9.38 Å². The van der Waals surface area contributed by atoms with Crippen LogP contribution in [0, 0.1) is 5.82 Å². The molecule has 2 N–H and O–H groups in total. The molecule has 0 aromatic heterocycles. The van der Waals surface area contributed by atoms with Gasteiger partial charge in [-0.05, 0) is 70.1 Å². The summed E-state index contributed by atoms with van der Waals surface area (Å²) in [5, 5.41) is 13.7. The van der Waals surface area contributed by atoms with Crippen molar-refractivity contribution in [3.05, 3.63) is 82.5 Å². The van der Waals surface area contributed by atoms with Gasteiger partial charge in [0.1, 0.15) is 5.82 Å². The van der Waals surface area contributed by atoms with Crippen LogP contribution in [0.25, 0.3) is 16.8 Å². The Morgan fingerprint density at radius 3 is 2.55 bits per heavy atom. The first kappa shape index (κ1) is 18.9. The Balaban J connectivity index is 1.53. The molecule has 1 fully saturated rings. The van der Waals surface area contributed by atoms with Crippen LogP contribution in [-0.2, 0) is 16.0 Å². The lowest BCUT2D eigenvalue weighted by Gasteiger charge is -2.01. The topological polar surface area (TPSA) is 78.8 Å². The first-order valence-corrected chi connectivity index (χ1v) is 9.57. The number of carboxylic acids is 1. The average molecular weight is 406 g/mol. The number of hydrogen-bond acceptors (Lipinski definition) is 4. The summed E-state index contributed by atoms with van der Waals surface area (Å²) < 4.78 is 13.3. The fourth-order valence-corrected chi connectivity index (χ4v) is 3.78. The van der Waals surface area contributed by atoms with E-state index in [1.165, 1.54) is 23.9 Å². The summed E-state index contributed by atoms with van der Waals surface area (Å²) in [7, 11) is 0. The number of hydrogen-bond donors (Lipinski definition) is 2. The zero-order chi connectivity index (χ0) is 20.4. The largest absolute Gasteiger partial charge is 0.481 e. The van der Waals surface area contributed by atoms with Crippen molar-refractivity contribution in [2.75, 3.05) is 0 Å². The van der Waals surface area contributed by atoms with Crippen molar-refractivity contribution in [2.45, 2.75) is 6.42 Å². The van der Waals surface area contributed by atoms with E-state index in [0.717, 1.165) is 16.3 Å². The molecule has 0 spiro atoms. The summed E-state index contributed by atoms with van der Waals surface area (Å²) in [6.07, 6.45) is 1.72. The SMILES string of the molecule is O=C(O)Cc1ccc(N=C2NC(=O)C(=Cc3ccc4cc(F)ccc4c3)S2)cc1. The predicted octanol–water partition coefficient (Wildman–Crippen LogP) is 4.50. The van der Waals surface area contributed by atoms with Crippen LogP contribution in [0.2, 0.25) is 0 Å². The van der Waals surface area contributed by atoms with Gasteiger partial charge in [-0.15, -0.1) is 0 Å². The second-order valence-electron chi connectivity index (χ2n) is 6.47. The molecule has 1 amide bonds. The Kier molecular flexibility index (Phi) is 5.14. The number of aliphatic imine (C=N–C) groups is 1. The van der Waals surface area contributed by atoms with Gasteiger partial charge in [0.05, 0.1) is 17.0 Å². The summed E-state index contributed by atoms with van der Waals surface area (Å²) in [6.45, 7) is 0. The Morgan fingerprint density at radius 1 is 1.07 bits per heavy atom. The van der Waals surface area contributed by atoms with Crippen LogP contribution in [0.3, 0.4) is 0 Å². The van der Waals surface area contributed by atoms with Gasteiger partial charge < -0.3 is 10.4 Å². The van der Waals surface area contributed by atoms with Crippen LogP contribution < -0.4 is 5.32 Å². The average Bonchev–Trinajstić information content (AvgIpc) is 3.02. The van der Waals surface area contributed by atoms with Crippen LogP contribution in [-0.4, -0.2) is 22.2 Å². The molecule has 0 unspecified atom stereocenters. The number of carbonyl (C=O) groups is 2. The molecular formula is C22H15FN2O3S. The molecule has 5 nitrogen and oxygen atoms in total. The van der Waals surface area contributed by atoms with E-state index >= 15 is 0 Å². The normalized spacial score (nSPS) is 16.5. The molecular weight excluding hydrogens is 391 g/mol. The van der Waals surface area contributed by atoms with Crippen molar-refractivity contribution < 1.29 is 19.1 Å². The third-order valence-corrected chi connectivity index (χ3v) is 5.21. The highest BCUT2D eigenvalue weighted by Gasteiger charge is 2.23. The third-order valence-electron chi connectivity index (χ3n) is 4.30. The molecule has 1 heterocycles. The minimum absolute atomic E-state index is 0.0480. The van der Waals surface area contributed by atoms with Gasteiger partial charge in [-0.2, -0.15) is 0 Å². The fraction of sp³-hybridized carbons (Fsp3) is 0.0455. The van der Waals surface area contributed by atoms with E-state index in [1.807, 2.05) is 18.2 Å². The maximum absolute atomic E-state index is 13.3. The molecule has 3 aromatic rings. The number of thioether (sulfide) groups is 1. The smallest absolute Gasteiger partial charge is 0.307 e. The number of nitrogens with one attached hydrogen (secondary N) is 1. The van der Waals surface area contributed by atoms with Crippen LogP contribution in [0.5, 0.6) is 0 Å². The Morgan fingerprint density at radius 2 is 1.79 bits per heavy atom. The molecule has 0 aliphatic carbocycles. The summed E-state index contributed by atoms with van der Waals surface area (Å²) in [6, 6.07) is 16.9. The number of aliphatic carboxylic acids is 1. The standard InChI is InChI=1S/C22H15FN2O3S/c23-17-6-5-15-9-14(1-4-16(15)12-17)10-19-21(28)25-22(29-19)24-18-7-2-13(3-8-18)11-20(26)27/h1-10,12H,11H2,(H,26,27)(H,24,25,28). The maximum atomic E-state index is 13.3. The minimum atomic E-state index is -0.892. The van der Waals surface area contributed by atoms with Crippen molar-refractivity contribution in [3.63, 3.8) is 0 Å². The van der Waals surface area contributed by atoms with Gasteiger partial charge in [0.15, 0.2) is 5.17 Å². The van der Waals surface area contributed by atoms with Gasteiger partial charge in [0.25, 0.3) is 5.91 Å². The number of fused-ring (bicyclic) bond motifs is 1. The predicted molar refractivity (Wildman–Crippen MR) is 112 cm³/mol. The number of carboxylic acid groups (broad SMARTS) is 1. The molecule has 7 heteroatoms. The number of amidine groups is 1. The molecule has 0 atom stereocenters. The van der Waals surface area contributed by atoms with Gasteiger partial charge in [-0.3, -0.25) is 9.59 Å². The van der Waals surface area contributed by atoms with Gasteiger partial charge in [-0.1, -0.05) is 30.3 Å². The van der Waals surface area contributed by atoms with Crippen LogP contribution >= 0.6 is 11.8 Å². The molecule has 1 saturated heterocycles. The summed E-state index contributed by atoms with van der Waals surface area (Å²) in [5.74, 6) is -1.42. The summed E-state index contributed by atoms with van der Waals surface area (Å²) >= 11 is 1.23. The quantitative estimate of drug-likeness (QED) is 0.626. The first-order valence-electron chi connectivity index (χ1n) is 8.76. The number of benzene rings is 3. The van der Waals surface area contributed by atoms with Crippen molar-refractivity contribution >= 4 is 51.3 Å². The van der Waals surface area contributed by atoms with E-state index in [9.17, 15) is 14.0 Å². The zero-order valence-corrected chi connectivity index (χ0v) is 15.9. The van der Waals surface area contributed by atoms with E-state index in [2.05, 4.69) is 10.3 Å². The van der Waals surface area contributed by atoms with Crippen molar-refractivity contribution in [3.8, 4) is 0 Å². The zero-order valence-electron chi connectivity index (χ0n) is 15.1. The highest BCUT2D eigenvalue weighted by Crippen LogP contribution is 2.29. The van der Waals surface area contributed by atoms with E-state index in [4.69, 9.17) is 5.11 Å². The highest BCUT2D eigenvalue weighted by atomic mass is 32.2. The lowest BCUT2D eigenvalue weighted by Crippen LogP contribution is -2.19. The van der Waals surface area contributed by atoms with E-state index in [1.54, 1.807) is 36.4 Å². The molecule has 0 radical (unpaired) electrons. The summed E-state index contributed by atoms with van der Waals surface area (Å²) in [5.41, 5.74) is 2.14. The molecule has 1 aliphatic rings. The number of rotatable bonds is 4. The first-order chi connectivity index (χ1) is 14.0. The third kappa shape index (κ3) is 4.52.